The molecule has 1 N–H and O–H groups in total. The Labute approximate surface area is 167 Å². The van der Waals surface area contributed by atoms with Gasteiger partial charge in [0.15, 0.2) is 11.6 Å². The van der Waals surface area contributed by atoms with Crippen molar-refractivity contribution in [2.24, 2.45) is 0 Å². The molecule has 29 heavy (non-hydrogen) atoms. The van der Waals surface area contributed by atoms with Crippen LogP contribution in [0.3, 0.4) is 0 Å². The van der Waals surface area contributed by atoms with Crippen molar-refractivity contribution in [2.75, 3.05) is 11.9 Å². The minimum absolute atomic E-state index is 0.128. The van der Waals surface area contributed by atoms with Crippen molar-refractivity contribution in [3.63, 3.8) is 0 Å². The number of carbonyl (C=O) groups is 1. The summed E-state index contributed by atoms with van der Waals surface area (Å²) >= 11 is 1.39. The SMILES string of the molecule is O=C(COc1cccc([N+](=O)[O-])c1)Nc1c(-c2ccc(F)cc2)nc2sccn12. The summed E-state index contributed by atoms with van der Waals surface area (Å²) in [5.74, 6) is -0.193. The Morgan fingerprint density at radius 2 is 2.07 bits per heavy atom. The Morgan fingerprint density at radius 3 is 2.83 bits per heavy atom. The van der Waals surface area contributed by atoms with E-state index in [0.717, 1.165) is 0 Å². The number of rotatable bonds is 6. The van der Waals surface area contributed by atoms with Crippen LogP contribution in [0.5, 0.6) is 5.75 Å². The summed E-state index contributed by atoms with van der Waals surface area (Å²) in [7, 11) is 0. The highest BCUT2D eigenvalue weighted by Crippen LogP contribution is 2.31. The Morgan fingerprint density at radius 1 is 1.28 bits per heavy atom. The summed E-state index contributed by atoms with van der Waals surface area (Å²) in [4.78, 5) is 27.9. The number of nitrogens with one attached hydrogen (secondary N) is 1. The molecule has 0 radical (unpaired) electrons. The Kier molecular flexibility index (Phi) is 4.92. The van der Waals surface area contributed by atoms with Gasteiger partial charge in [0.05, 0.1) is 11.0 Å². The third-order valence-corrected chi connectivity index (χ3v) is 4.79. The van der Waals surface area contributed by atoms with Crippen molar-refractivity contribution < 1.29 is 18.8 Å². The molecule has 0 aliphatic carbocycles. The molecule has 0 unspecified atom stereocenters. The zero-order valence-corrected chi connectivity index (χ0v) is 15.6. The average Bonchev–Trinajstić information content (AvgIpc) is 3.30. The number of hydrogen-bond donors (Lipinski definition) is 1. The summed E-state index contributed by atoms with van der Waals surface area (Å²) in [5.41, 5.74) is 1.02. The van der Waals surface area contributed by atoms with Gasteiger partial charge in [-0.1, -0.05) is 6.07 Å². The van der Waals surface area contributed by atoms with E-state index in [4.69, 9.17) is 4.74 Å². The van der Waals surface area contributed by atoms with Crippen LogP contribution in [0.1, 0.15) is 0 Å². The number of nitro groups is 1. The van der Waals surface area contributed by atoms with E-state index < -0.39 is 10.8 Å². The van der Waals surface area contributed by atoms with E-state index >= 15 is 0 Å². The maximum absolute atomic E-state index is 13.2. The van der Waals surface area contributed by atoms with Gasteiger partial charge in [0.2, 0.25) is 0 Å². The molecule has 4 rings (SSSR count). The fourth-order valence-electron chi connectivity index (χ4n) is 2.72. The lowest BCUT2D eigenvalue weighted by molar-refractivity contribution is -0.384. The highest BCUT2D eigenvalue weighted by molar-refractivity contribution is 7.15. The predicted octanol–water partition coefficient (Wildman–Crippen LogP) is 4.13. The van der Waals surface area contributed by atoms with E-state index in [1.165, 1.54) is 47.7 Å². The quantitative estimate of drug-likeness (QED) is 0.379. The molecule has 2 aromatic heterocycles. The van der Waals surface area contributed by atoms with Gasteiger partial charge < -0.3 is 10.1 Å². The molecular weight excluding hydrogens is 399 g/mol. The summed E-state index contributed by atoms with van der Waals surface area (Å²) < 4.78 is 20.3. The first-order chi connectivity index (χ1) is 14.0. The first kappa shape index (κ1) is 18.6. The second-order valence-electron chi connectivity index (χ2n) is 5.96. The van der Waals surface area contributed by atoms with Crippen LogP contribution in [0.15, 0.2) is 60.1 Å². The molecule has 0 fully saturated rings. The van der Waals surface area contributed by atoms with Crippen LogP contribution in [-0.4, -0.2) is 26.8 Å². The first-order valence-corrected chi connectivity index (χ1v) is 9.28. The van der Waals surface area contributed by atoms with Crippen LogP contribution in [0.2, 0.25) is 0 Å². The number of anilines is 1. The molecule has 10 heteroatoms. The number of ether oxygens (including phenoxy) is 1. The van der Waals surface area contributed by atoms with Crippen LogP contribution in [0, 0.1) is 15.9 Å². The molecule has 0 spiro atoms. The molecule has 0 aliphatic heterocycles. The molecule has 0 saturated carbocycles. The van der Waals surface area contributed by atoms with Gasteiger partial charge in [0.1, 0.15) is 23.1 Å². The normalized spacial score (nSPS) is 10.8. The number of nitro benzene ring substituents is 1. The summed E-state index contributed by atoms with van der Waals surface area (Å²) in [6, 6.07) is 11.4. The van der Waals surface area contributed by atoms with Gasteiger partial charge >= 0.3 is 0 Å². The van der Waals surface area contributed by atoms with E-state index in [0.29, 0.717) is 22.0 Å². The number of fused-ring (bicyclic) bond motifs is 1. The molecule has 0 saturated heterocycles. The number of hydrogen-bond acceptors (Lipinski definition) is 6. The number of halogens is 1. The zero-order valence-electron chi connectivity index (χ0n) is 14.7. The van der Waals surface area contributed by atoms with Gasteiger partial charge in [-0.3, -0.25) is 19.3 Å². The Balaban J connectivity index is 1.54. The maximum atomic E-state index is 13.2. The minimum Gasteiger partial charge on any atom is -0.484 e. The monoisotopic (exact) mass is 412 g/mol. The van der Waals surface area contributed by atoms with Crippen LogP contribution >= 0.6 is 11.3 Å². The lowest BCUT2D eigenvalue weighted by Crippen LogP contribution is -2.21. The maximum Gasteiger partial charge on any atom is 0.273 e. The second kappa shape index (κ2) is 7.68. The molecule has 0 bridgehead atoms. The Hall–Kier alpha value is -3.79. The van der Waals surface area contributed by atoms with E-state index in [2.05, 4.69) is 10.3 Å². The molecule has 2 heterocycles. The average molecular weight is 412 g/mol. The smallest absolute Gasteiger partial charge is 0.273 e. The van der Waals surface area contributed by atoms with Crippen molar-refractivity contribution in [3.8, 4) is 17.0 Å². The molecule has 0 aliphatic rings. The highest BCUT2D eigenvalue weighted by atomic mass is 32.1. The van der Waals surface area contributed by atoms with Crippen LogP contribution < -0.4 is 10.1 Å². The molecule has 1 amide bonds. The van der Waals surface area contributed by atoms with Gasteiger partial charge in [-0.15, -0.1) is 11.3 Å². The number of amides is 1. The summed E-state index contributed by atoms with van der Waals surface area (Å²) in [6.07, 6.45) is 1.76. The van der Waals surface area contributed by atoms with Gasteiger partial charge in [-0.2, -0.15) is 0 Å². The topological polar surface area (TPSA) is 98.8 Å². The molecule has 4 aromatic rings. The van der Waals surface area contributed by atoms with Crippen LogP contribution in [0.4, 0.5) is 15.9 Å². The third kappa shape index (κ3) is 3.92. The third-order valence-electron chi connectivity index (χ3n) is 4.04. The van der Waals surface area contributed by atoms with Crippen molar-refractivity contribution in [1.82, 2.24) is 9.38 Å². The fourth-order valence-corrected chi connectivity index (χ4v) is 3.43. The van der Waals surface area contributed by atoms with Crippen molar-refractivity contribution in [2.45, 2.75) is 0 Å². The molecule has 0 atom stereocenters. The number of aromatic nitrogens is 2. The lowest BCUT2D eigenvalue weighted by Gasteiger charge is -2.09. The van der Waals surface area contributed by atoms with Crippen molar-refractivity contribution in [1.29, 1.82) is 0 Å². The van der Waals surface area contributed by atoms with E-state index in [1.807, 2.05) is 5.38 Å². The predicted molar refractivity (Wildman–Crippen MR) is 106 cm³/mol. The minimum atomic E-state index is -0.540. The first-order valence-electron chi connectivity index (χ1n) is 8.40. The van der Waals surface area contributed by atoms with E-state index in [9.17, 15) is 19.3 Å². The number of carbonyl (C=O) groups excluding carboxylic acids is 1. The number of thiazole rings is 1. The summed E-state index contributed by atoms with van der Waals surface area (Å²) in [5, 5.41) is 15.4. The summed E-state index contributed by atoms with van der Waals surface area (Å²) in [6.45, 7) is -0.346. The second-order valence-corrected chi connectivity index (χ2v) is 6.84. The zero-order chi connectivity index (χ0) is 20.4. The molecular formula is C19H13FN4O4S. The van der Waals surface area contributed by atoms with Gasteiger partial charge in [-0.25, -0.2) is 9.37 Å². The van der Waals surface area contributed by atoms with E-state index in [1.54, 1.807) is 22.7 Å². The van der Waals surface area contributed by atoms with Crippen molar-refractivity contribution in [3.05, 3.63) is 76.0 Å². The Bertz CT molecular complexity index is 1200. The molecule has 2 aromatic carbocycles. The molecule has 8 nitrogen and oxygen atoms in total. The van der Waals surface area contributed by atoms with Gasteiger partial charge in [0, 0.05) is 23.2 Å². The van der Waals surface area contributed by atoms with Crippen LogP contribution in [0.25, 0.3) is 16.2 Å². The number of non-ortho nitro benzene ring substituents is 1. The van der Waals surface area contributed by atoms with Gasteiger partial charge in [0.25, 0.3) is 11.6 Å². The molecule has 146 valence electrons. The largest absolute Gasteiger partial charge is 0.484 e. The lowest BCUT2D eigenvalue weighted by atomic mass is 10.1. The van der Waals surface area contributed by atoms with Crippen LogP contribution in [-0.2, 0) is 4.79 Å². The van der Waals surface area contributed by atoms with Gasteiger partial charge in [-0.05, 0) is 30.3 Å². The number of benzene rings is 2. The van der Waals surface area contributed by atoms with E-state index in [-0.39, 0.29) is 23.9 Å². The number of nitrogens with zero attached hydrogens (tertiary/aromatic N) is 3. The highest BCUT2D eigenvalue weighted by Gasteiger charge is 2.18. The number of imidazole rings is 1. The van der Waals surface area contributed by atoms with Crippen molar-refractivity contribution >= 4 is 33.7 Å². The fraction of sp³-hybridized carbons (Fsp3) is 0.0526. The standard InChI is InChI=1S/C19H13FN4O4S/c20-13-6-4-12(5-7-13)17-18(23-8-9-29-19(23)22-17)21-16(25)11-28-15-3-1-2-14(10-15)24(26)27/h1-10H,11H2,(H,21,25).